The highest BCUT2D eigenvalue weighted by Crippen LogP contribution is 2.29. The van der Waals surface area contributed by atoms with Crippen LogP contribution in [-0.2, 0) is 4.79 Å². The molecule has 2 heterocycles. The van der Waals surface area contributed by atoms with Crippen molar-refractivity contribution in [3.63, 3.8) is 0 Å². The maximum Gasteiger partial charge on any atom is 0.225 e. The monoisotopic (exact) mass is 392 g/mol. The second kappa shape index (κ2) is 7.70. The zero-order valence-electron chi connectivity index (χ0n) is 14.3. The number of piperidine rings is 1. The smallest absolute Gasteiger partial charge is 0.225 e. The van der Waals surface area contributed by atoms with Crippen molar-refractivity contribution in [1.29, 1.82) is 0 Å². The lowest BCUT2D eigenvalue weighted by atomic mass is 10.0. The Hall–Kier alpha value is -1.33. The van der Waals surface area contributed by atoms with Gasteiger partial charge in [-0.3, -0.25) is 4.79 Å². The maximum atomic E-state index is 12.0. The zero-order chi connectivity index (χ0) is 17.1. The summed E-state index contributed by atoms with van der Waals surface area (Å²) in [5.74, 6) is 1.32. The second-order valence-corrected chi connectivity index (χ2v) is 7.82. The summed E-state index contributed by atoms with van der Waals surface area (Å²) in [5.41, 5.74) is 2.39. The molecule has 4 nitrogen and oxygen atoms in total. The van der Waals surface area contributed by atoms with Crippen molar-refractivity contribution in [3.05, 3.63) is 33.8 Å². The second-order valence-electron chi connectivity index (χ2n) is 6.91. The van der Waals surface area contributed by atoms with Gasteiger partial charge in [0.25, 0.3) is 0 Å². The third-order valence-electron chi connectivity index (χ3n) is 4.66. The van der Waals surface area contributed by atoms with E-state index in [1.165, 1.54) is 5.57 Å². The predicted molar refractivity (Wildman–Crippen MR) is 100 cm³/mol. The topological polar surface area (TPSA) is 41.6 Å². The lowest BCUT2D eigenvalue weighted by Crippen LogP contribution is -2.46. The summed E-state index contributed by atoms with van der Waals surface area (Å²) < 4.78 is 6.89. The molecule has 0 bridgehead atoms. The first-order chi connectivity index (χ1) is 11.5. The summed E-state index contributed by atoms with van der Waals surface area (Å²) in [6.45, 7) is 7.15. The van der Waals surface area contributed by atoms with Gasteiger partial charge in [-0.1, -0.05) is 29.8 Å². The summed E-state index contributed by atoms with van der Waals surface area (Å²) in [5, 5.41) is 3.63. The molecule has 0 radical (unpaired) electrons. The molecule has 5 heteroatoms. The number of halogens is 1. The molecule has 1 aromatic rings. The Labute approximate surface area is 152 Å². The van der Waals surface area contributed by atoms with Gasteiger partial charge >= 0.3 is 0 Å². The molecule has 1 amide bonds. The molecule has 1 fully saturated rings. The van der Waals surface area contributed by atoms with Crippen LogP contribution >= 0.6 is 15.9 Å². The average Bonchev–Trinajstić information content (AvgIpc) is 2.59. The van der Waals surface area contributed by atoms with Gasteiger partial charge in [-0.15, -0.1) is 0 Å². The highest BCUT2D eigenvalue weighted by molar-refractivity contribution is 9.10. The SMILES string of the molecule is CC(C)C(=O)N1CCC(NCC2=Cc3cc(Br)ccc3OC2)CC1. The minimum absolute atomic E-state index is 0.0958. The van der Waals surface area contributed by atoms with E-state index in [2.05, 4.69) is 33.4 Å². The first-order valence-electron chi connectivity index (χ1n) is 8.67. The van der Waals surface area contributed by atoms with Crippen LogP contribution in [0.3, 0.4) is 0 Å². The zero-order valence-corrected chi connectivity index (χ0v) is 15.9. The van der Waals surface area contributed by atoms with Gasteiger partial charge < -0.3 is 15.0 Å². The molecule has 1 N–H and O–H groups in total. The molecule has 0 unspecified atom stereocenters. The van der Waals surface area contributed by atoms with Crippen molar-refractivity contribution in [1.82, 2.24) is 10.2 Å². The van der Waals surface area contributed by atoms with Crippen molar-refractivity contribution < 1.29 is 9.53 Å². The van der Waals surface area contributed by atoms with Gasteiger partial charge in [-0.25, -0.2) is 0 Å². The van der Waals surface area contributed by atoms with E-state index in [0.29, 0.717) is 12.6 Å². The van der Waals surface area contributed by atoms with E-state index in [1.807, 2.05) is 30.9 Å². The Morgan fingerprint density at radius 1 is 1.38 bits per heavy atom. The molecule has 1 saturated heterocycles. The van der Waals surface area contributed by atoms with E-state index in [1.54, 1.807) is 0 Å². The van der Waals surface area contributed by atoms with Gasteiger partial charge in [0, 0.05) is 41.6 Å². The number of benzene rings is 1. The highest BCUT2D eigenvalue weighted by atomic mass is 79.9. The third-order valence-corrected chi connectivity index (χ3v) is 5.16. The van der Waals surface area contributed by atoms with Gasteiger partial charge in [-0.05, 0) is 42.7 Å². The van der Waals surface area contributed by atoms with Crippen molar-refractivity contribution in [2.45, 2.75) is 32.7 Å². The third kappa shape index (κ3) is 4.19. The van der Waals surface area contributed by atoms with Gasteiger partial charge in [0.1, 0.15) is 12.4 Å². The molecule has 0 spiro atoms. The molecule has 24 heavy (non-hydrogen) atoms. The molecule has 1 aromatic carbocycles. The Kier molecular flexibility index (Phi) is 5.61. The lowest BCUT2D eigenvalue weighted by Gasteiger charge is -2.34. The maximum absolute atomic E-state index is 12.0. The summed E-state index contributed by atoms with van der Waals surface area (Å²) in [6, 6.07) is 6.57. The predicted octanol–water partition coefficient (Wildman–Crippen LogP) is 3.46. The van der Waals surface area contributed by atoms with Crippen LogP contribution in [0.15, 0.2) is 28.2 Å². The summed E-state index contributed by atoms with van der Waals surface area (Å²) in [6.07, 6.45) is 4.26. The van der Waals surface area contributed by atoms with Crippen LogP contribution in [0.4, 0.5) is 0 Å². The van der Waals surface area contributed by atoms with Crippen LogP contribution in [0.1, 0.15) is 32.3 Å². The van der Waals surface area contributed by atoms with Crippen LogP contribution in [0.5, 0.6) is 5.75 Å². The fraction of sp³-hybridized carbons (Fsp3) is 0.526. The average molecular weight is 393 g/mol. The number of nitrogens with zero attached hydrogens (tertiary/aromatic N) is 1. The van der Waals surface area contributed by atoms with E-state index in [-0.39, 0.29) is 11.8 Å². The molecule has 130 valence electrons. The Balaban J connectivity index is 1.50. The number of ether oxygens (including phenoxy) is 1. The molecule has 0 atom stereocenters. The number of fused-ring (bicyclic) bond motifs is 1. The van der Waals surface area contributed by atoms with Gasteiger partial charge in [-0.2, -0.15) is 0 Å². The van der Waals surface area contributed by atoms with Gasteiger partial charge in [0.15, 0.2) is 0 Å². The highest BCUT2D eigenvalue weighted by Gasteiger charge is 2.24. The number of likely N-dealkylation sites (tertiary alicyclic amines) is 1. The lowest BCUT2D eigenvalue weighted by molar-refractivity contribution is -0.135. The van der Waals surface area contributed by atoms with Crippen molar-refractivity contribution in [2.24, 2.45) is 5.92 Å². The molecule has 2 aliphatic heterocycles. The number of hydrogen-bond acceptors (Lipinski definition) is 3. The molecule has 0 aromatic heterocycles. The Morgan fingerprint density at radius 2 is 2.12 bits per heavy atom. The summed E-state index contributed by atoms with van der Waals surface area (Å²) in [7, 11) is 0. The number of hydrogen-bond donors (Lipinski definition) is 1. The summed E-state index contributed by atoms with van der Waals surface area (Å²) in [4.78, 5) is 14.0. The standard InChI is InChI=1S/C19H25BrN2O2/c1-13(2)19(23)22-7-5-17(6-8-22)21-11-14-9-15-10-16(20)3-4-18(15)24-12-14/h3-4,9-10,13,17,21H,5-8,11-12H2,1-2H3. The van der Waals surface area contributed by atoms with Crippen LogP contribution < -0.4 is 10.1 Å². The number of amides is 1. The van der Waals surface area contributed by atoms with Gasteiger partial charge in [0.2, 0.25) is 5.91 Å². The molecule has 3 rings (SSSR count). The van der Waals surface area contributed by atoms with E-state index in [4.69, 9.17) is 4.74 Å². The number of carbonyl (C=O) groups excluding carboxylic acids is 1. The van der Waals surface area contributed by atoms with E-state index < -0.39 is 0 Å². The largest absolute Gasteiger partial charge is 0.489 e. The number of rotatable bonds is 4. The Bertz CT molecular complexity index is 634. The molecular weight excluding hydrogens is 368 g/mol. The normalized spacial score (nSPS) is 18.2. The van der Waals surface area contributed by atoms with Crippen LogP contribution in [0, 0.1) is 5.92 Å². The number of carbonyl (C=O) groups is 1. The minimum atomic E-state index is 0.0958. The van der Waals surface area contributed by atoms with Crippen molar-refractivity contribution >= 4 is 27.9 Å². The minimum Gasteiger partial charge on any atom is -0.489 e. The molecule has 0 saturated carbocycles. The van der Waals surface area contributed by atoms with Crippen LogP contribution in [0.2, 0.25) is 0 Å². The quantitative estimate of drug-likeness (QED) is 0.852. The van der Waals surface area contributed by atoms with Crippen LogP contribution in [0.25, 0.3) is 6.08 Å². The van der Waals surface area contributed by atoms with E-state index in [0.717, 1.165) is 48.3 Å². The van der Waals surface area contributed by atoms with E-state index >= 15 is 0 Å². The Morgan fingerprint density at radius 3 is 2.83 bits per heavy atom. The first-order valence-corrected chi connectivity index (χ1v) is 9.46. The molecule has 2 aliphatic rings. The fourth-order valence-corrected chi connectivity index (χ4v) is 3.62. The summed E-state index contributed by atoms with van der Waals surface area (Å²) >= 11 is 3.51. The van der Waals surface area contributed by atoms with Crippen LogP contribution in [-0.4, -0.2) is 43.1 Å². The van der Waals surface area contributed by atoms with E-state index in [9.17, 15) is 4.79 Å². The van der Waals surface area contributed by atoms with Crippen molar-refractivity contribution in [3.8, 4) is 5.75 Å². The first kappa shape index (κ1) is 17.5. The van der Waals surface area contributed by atoms with Gasteiger partial charge in [0.05, 0.1) is 0 Å². The fourth-order valence-electron chi connectivity index (χ4n) is 3.24. The molecular formula is C19H25BrN2O2. The number of nitrogens with one attached hydrogen (secondary N) is 1. The molecule has 0 aliphatic carbocycles. The van der Waals surface area contributed by atoms with Crippen molar-refractivity contribution in [2.75, 3.05) is 26.2 Å².